The number of amides is 2. The highest BCUT2D eigenvalue weighted by Gasteiger charge is 2.24. The van der Waals surface area contributed by atoms with Gasteiger partial charge in [0.05, 0.1) is 23.8 Å². The van der Waals surface area contributed by atoms with Gasteiger partial charge in [0.15, 0.2) is 5.82 Å². The van der Waals surface area contributed by atoms with E-state index < -0.39 is 0 Å². The third-order valence-corrected chi connectivity index (χ3v) is 4.97. The Kier molecular flexibility index (Phi) is 5.16. The molecular weight excluding hydrogens is 373 g/mol. The van der Waals surface area contributed by atoms with Crippen molar-refractivity contribution in [3.05, 3.63) is 53.8 Å². The van der Waals surface area contributed by atoms with Gasteiger partial charge in [0, 0.05) is 26.2 Å². The number of piperazine rings is 1. The van der Waals surface area contributed by atoms with Crippen LogP contribution in [-0.4, -0.2) is 54.2 Å². The topological polar surface area (TPSA) is 70.6 Å². The molecule has 0 atom stereocenters. The predicted octanol–water partition coefficient (Wildman–Crippen LogP) is 3.44. The number of carbonyl (C=O) groups is 1. The summed E-state index contributed by atoms with van der Waals surface area (Å²) in [4.78, 5) is 25.3. The Labute approximate surface area is 168 Å². The van der Waals surface area contributed by atoms with Crippen LogP contribution in [0, 0.1) is 12.7 Å². The number of methoxy groups -OCH3 is 1. The van der Waals surface area contributed by atoms with Gasteiger partial charge in [-0.1, -0.05) is 18.2 Å². The van der Waals surface area contributed by atoms with Gasteiger partial charge in [-0.2, -0.15) is 0 Å². The molecule has 7 nitrogen and oxygen atoms in total. The van der Waals surface area contributed by atoms with Gasteiger partial charge < -0.3 is 14.5 Å². The first-order chi connectivity index (χ1) is 14.0. The number of urea groups is 1. The summed E-state index contributed by atoms with van der Waals surface area (Å²) in [6.45, 7) is 4.02. The van der Waals surface area contributed by atoms with Gasteiger partial charge in [0.25, 0.3) is 5.88 Å². The third-order valence-electron chi connectivity index (χ3n) is 4.97. The fraction of sp³-hybridized carbons (Fsp3) is 0.286. The molecule has 1 saturated heterocycles. The number of para-hydroxylation sites is 1. The summed E-state index contributed by atoms with van der Waals surface area (Å²) in [5.74, 6) is 0.295. The average molecular weight is 395 g/mol. The average Bonchev–Trinajstić information content (AvgIpc) is 2.73. The van der Waals surface area contributed by atoms with Gasteiger partial charge in [-0.25, -0.2) is 19.2 Å². The van der Waals surface area contributed by atoms with Gasteiger partial charge in [-0.15, -0.1) is 0 Å². The second kappa shape index (κ2) is 7.90. The van der Waals surface area contributed by atoms with Crippen LogP contribution >= 0.6 is 0 Å². The lowest BCUT2D eigenvalue weighted by Crippen LogP contribution is -2.50. The molecule has 2 amide bonds. The molecule has 0 aliphatic carbocycles. The summed E-state index contributed by atoms with van der Waals surface area (Å²) in [6.07, 6.45) is 0. The van der Waals surface area contributed by atoms with Crippen molar-refractivity contribution in [1.82, 2.24) is 14.9 Å². The zero-order valence-electron chi connectivity index (χ0n) is 16.4. The van der Waals surface area contributed by atoms with Crippen molar-refractivity contribution >= 4 is 28.6 Å². The van der Waals surface area contributed by atoms with E-state index in [0.29, 0.717) is 42.9 Å². The molecule has 0 unspecified atom stereocenters. The minimum atomic E-state index is -0.280. The molecule has 0 spiro atoms. The number of hydrogen-bond donors (Lipinski definition) is 1. The number of anilines is 2. The summed E-state index contributed by atoms with van der Waals surface area (Å²) >= 11 is 0. The van der Waals surface area contributed by atoms with E-state index in [9.17, 15) is 9.18 Å². The first kappa shape index (κ1) is 18.9. The number of ether oxygens (including phenoxy) is 1. The molecule has 2 heterocycles. The zero-order chi connectivity index (χ0) is 20.4. The molecule has 0 radical (unpaired) electrons. The highest BCUT2D eigenvalue weighted by atomic mass is 19.1. The second-order valence-corrected chi connectivity index (χ2v) is 6.93. The maximum atomic E-state index is 14.0. The van der Waals surface area contributed by atoms with Crippen LogP contribution in [0.15, 0.2) is 42.5 Å². The van der Waals surface area contributed by atoms with Gasteiger partial charge in [0.2, 0.25) is 0 Å². The smallest absolute Gasteiger partial charge is 0.323 e. The Morgan fingerprint density at radius 3 is 2.55 bits per heavy atom. The van der Waals surface area contributed by atoms with Crippen LogP contribution in [0.1, 0.15) is 5.56 Å². The Hall–Kier alpha value is -3.42. The van der Waals surface area contributed by atoms with Gasteiger partial charge in [-0.05, 0) is 36.8 Å². The first-order valence-corrected chi connectivity index (χ1v) is 9.43. The number of carbonyl (C=O) groups excluding carboxylic acids is 1. The number of halogens is 1. The number of nitrogens with one attached hydrogen (secondary N) is 1. The van der Waals surface area contributed by atoms with Crippen molar-refractivity contribution in [2.75, 3.05) is 43.5 Å². The number of fused-ring (bicyclic) bond motifs is 1. The molecule has 1 aliphatic rings. The van der Waals surface area contributed by atoms with Gasteiger partial charge in [-0.3, -0.25) is 5.32 Å². The number of aryl methyl sites for hydroxylation is 1. The number of nitrogens with zero attached hydrogens (tertiary/aromatic N) is 4. The molecule has 29 heavy (non-hydrogen) atoms. The fourth-order valence-corrected chi connectivity index (χ4v) is 3.41. The Bertz CT molecular complexity index is 1050. The molecule has 1 aromatic heterocycles. The van der Waals surface area contributed by atoms with E-state index in [-0.39, 0.29) is 23.5 Å². The van der Waals surface area contributed by atoms with Crippen LogP contribution in [0.5, 0.6) is 5.88 Å². The molecule has 1 aliphatic heterocycles. The molecule has 0 bridgehead atoms. The van der Waals surface area contributed by atoms with E-state index >= 15 is 0 Å². The van der Waals surface area contributed by atoms with Crippen molar-refractivity contribution in [2.24, 2.45) is 0 Å². The minimum Gasteiger partial charge on any atom is -0.478 e. The Morgan fingerprint density at radius 1 is 1.07 bits per heavy atom. The Balaban J connectivity index is 1.47. The summed E-state index contributed by atoms with van der Waals surface area (Å²) < 4.78 is 19.3. The van der Waals surface area contributed by atoms with E-state index in [1.807, 2.05) is 36.1 Å². The van der Waals surface area contributed by atoms with E-state index in [0.717, 1.165) is 5.56 Å². The largest absolute Gasteiger partial charge is 0.478 e. The summed E-state index contributed by atoms with van der Waals surface area (Å²) in [5, 5.41) is 2.80. The second-order valence-electron chi connectivity index (χ2n) is 6.93. The maximum Gasteiger partial charge on any atom is 0.323 e. The SMILES string of the molecule is COc1nc2ccc(C)cc2nc1NC(=O)N1CCN(c2ccccc2F)CC1. The van der Waals surface area contributed by atoms with Crippen LogP contribution in [0.25, 0.3) is 11.0 Å². The number of aromatic nitrogens is 2. The summed E-state index contributed by atoms with van der Waals surface area (Å²) in [7, 11) is 1.49. The van der Waals surface area contributed by atoms with Crippen LogP contribution in [0.4, 0.5) is 20.7 Å². The Morgan fingerprint density at radius 2 is 1.83 bits per heavy atom. The molecule has 3 aromatic rings. The molecule has 150 valence electrons. The van der Waals surface area contributed by atoms with Crippen molar-refractivity contribution in [2.45, 2.75) is 6.92 Å². The van der Waals surface area contributed by atoms with Crippen LogP contribution < -0.4 is 15.0 Å². The van der Waals surface area contributed by atoms with Gasteiger partial charge in [0.1, 0.15) is 5.82 Å². The molecule has 2 aromatic carbocycles. The van der Waals surface area contributed by atoms with E-state index in [1.54, 1.807) is 17.0 Å². The first-order valence-electron chi connectivity index (χ1n) is 9.43. The van der Waals surface area contributed by atoms with E-state index in [2.05, 4.69) is 15.3 Å². The van der Waals surface area contributed by atoms with Gasteiger partial charge >= 0.3 is 6.03 Å². The molecule has 0 saturated carbocycles. The summed E-state index contributed by atoms with van der Waals surface area (Å²) in [6, 6.07) is 12.1. The van der Waals surface area contributed by atoms with Crippen LogP contribution in [-0.2, 0) is 0 Å². The molecule has 1 N–H and O–H groups in total. The monoisotopic (exact) mass is 395 g/mol. The fourth-order valence-electron chi connectivity index (χ4n) is 3.41. The minimum absolute atomic E-state index is 0.253. The molecule has 8 heteroatoms. The highest BCUT2D eigenvalue weighted by Crippen LogP contribution is 2.25. The number of benzene rings is 2. The van der Waals surface area contributed by atoms with Crippen molar-refractivity contribution in [3.8, 4) is 5.88 Å². The van der Waals surface area contributed by atoms with Crippen molar-refractivity contribution in [1.29, 1.82) is 0 Å². The lowest BCUT2D eigenvalue weighted by Gasteiger charge is -2.36. The van der Waals surface area contributed by atoms with Crippen molar-refractivity contribution in [3.63, 3.8) is 0 Å². The molecule has 1 fully saturated rings. The van der Waals surface area contributed by atoms with Crippen molar-refractivity contribution < 1.29 is 13.9 Å². The molecule has 4 rings (SSSR count). The van der Waals surface area contributed by atoms with E-state index in [1.165, 1.54) is 13.2 Å². The van der Waals surface area contributed by atoms with E-state index in [4.69, 9.17) is 4.74 Å². The van der Waals surface area contributed by atoms with Crippen LogP contribution in [0.3, 0.4) is 0 Å². The summed E-state index contributed by atoms with van der Waals surface area (Å²) in [5.41, 5.74) is 3.00. The highest BCUT2D eigenvalue weighted by molar-refractivity contribution is 5.91. The predicted molar refractivity (Wildman–Crippen MR) is 110 cm³/mol. The maximum absolute atomic E-state index is 14.0. The quantitative estimate of drug-likeness (QED) is 0.736. The third kappa shape index (κ3) is 3.91. The zero-order valence-corrected chi connectivity index (χ0v) is 16.4. The number of hydrogen-bond acceptors (Lipinski definition) is 5. The normalized spacial score (nSPS) is 14.2. The number of rotatable bonds is 3. The standard InChI is InChI=1S/C21H22FN5O2/c1-14-7-8-16-17(13-14)23-19(20(24-16)29-2)25-21(28)27-11-9-26(10-12-27)18-6-4-3-5-15(18)22/h3-8,13H,9-12H2,1-2H3,(H,23,25,28). The molecular formula is C21H22FN5O2. The lowest BCUT2D eigenvalue weighted by molar-refractivity contribution is 0.208. The lowest BCUT2D eigenvalue weighted by atomic mass is 10.2. The van der Waals surface area contributed by atoms with Crippen LogP contribution in [0.2, 0.25) is 0 Å².